The van der Waals surface area contributed by atoms with E-state index in [4.69, 9.17) is 0 Å². The van der Waals surface area contributed by atoms with E-state index < -0.39 is 0 Å². The molecule has 0 aromatic heterocycles. The van der Waals surface area contributed by atoms with Crippen molar-refractivity contribution < 1.29 is 14.4 Å². The molecule has 2 heterocycles. The van der Waals surface area contributed by atoms with Crippen molar-refractivity contribution in [2.75, 3.05) is 19.6 Å². The maximum Gasteiger partial charge on any atom is 0.254 e. The van der Waals surface area contributed by atoms with Crippen molar-refractivity contribution in [3.8, 4) is 0 Å². The van der Waals surface area contributed by atoms with E-state index in [1.54, 1.807) is 15.9 Å². The van der Waals surface area contributed by atoms with Gasteiger partial charge in [0.15, 0.2) is 0 Å². The Kier molecular flexibility index (Phi) is 5.60. The highest BCUT2D eigenvalue weighted by Crippen LogP contribution is 2.22. The predicted octanol–water partition coefficient (Wildman–Crippen LogP) is 1.99. The lowest BCUT2D eigenvalue weighted by molar-refractivity contribution is -0.131. The quantitative estimate of drug-likeness (QED) is 0.819. The SMILES string of the molecule is O=C(CCc1ccccc1)NC1CCN(C(=O)CN2Cc3ccccc3C2=O)C1. The fraction of sp³-hybridized carbons (Fsp3) is 0.348. The number of likely N-dealkylation sites (tertiary alicyclic amines) is 1. The van der Waals surface area contributed by atoms with Crippen LogP contribution in [0.2, 0.25) is 0 Å². The van der Waals surface area contributed by atoms with Gasteiger partial charge in [0, 0.05) is 37.7 Å². The summed E-state index contributed by atoms with van der Waals surface area (Å²) in [4.78, 5) is 40.7. The van der Waals surface area contributed by atoms with E-state index in [0.29, 0.717) is 38.0 Å². The molecule has 0 aliphatic carbocycles. The first kappa shape index (κ1) is 19.2. The normalized spacial score (nSPS) is 18.1. The maximum atomic E-state index is 12.7. The zero-order chi connectivity index (χ0) is 20.2. The van der Waals surface area contributed by atoms with Crippen LogP contribution in [-0.4, -0.2) is 53.2 Å². The first-order chi connectivity index (χ1) is 14.1. The third kappa shape index (κ3) is 4.47. The molecule has 1 fully saturated rings. The van der Waals surface area contributed by atoms with Gasteiger partial charge in [-0.25, -0.2) is 0 Å². The van der Waals surface area contributed by atoms with Crippen LogP contribution in [0.25, 0.3) is 0 Å². The van der Waals surface area contributed by atoms with E-state index in [1.807, 2.05) is 48.5 Å². The third-order valence-electron chi connectivity index (χ3n) is 5.61. The number of nitrogens with zero attached hydrogens (tertiary/aromatic N) is 2. The molecule has 2 aromatic carbocycles. The zero-order valence-corrected chi connectivity index (χ0v) is 16.3. The fourth-order valence-electron chi connectivity index (χ4n) is 4.01. The van der Waals surface area contributed by atoms with Crippen molar-refractivity contribution in [3.63, 3.8) is 0 Å². The lowest BCUT2D eigenvalue weighted by Gasteiger charge is -2.21. The van der Waals surface area contributed by atoms with E-state index >= 15 is 0 Å². The summed E-state index contributed by atoms with van der Waals surface area (Å²) in [5, 5.41) is 3.04. The number of hydrogen-bond acceptors (Lipinski definition) is 3. The molecule has 0 spiro atoms. The van der Waals surface area contributed by atoms with Crippen molar-refractivity contribution in [3.05, 3.63) is 71.3 Å². The summed E-state index contributed by atoms with van der Waals surface area (Å²) in [5.74, 6) is -0.135. The van der Waals surface area contributed by atoms with Gasteiger partial charge in [-0.15, -0.1) is 0 Å². The number of aryl methyl sites for hydroxylation is 1. The van der Waals surface area contributed by atoms with E-state index in [9.17, 15) is 14.4 Å². The molecule has 2 aliphatic heterocycles. The first-order valence-electron chi connectivity index (χ1n) is 10.1. The minimum Gasteiger partial charge on any atom is -0.352 e. The Morgan fingerprint density at radius 1 is 1.03 bits per heavy atom. The molecule has 2 aliphatic rings. The lowest BCUT2D eigenvalue weighted by Crippen LogP contribution is -2.42. The van der Waals surface area contributed by atoms with Crippen molar-refractivity contribution in [1.29, 1.82) is 0 Å². The number of benzene rings is 2. The standard InChI is InChI=1S/C23H25N3O3/c27-21(11-10-17-6-2-1-3-7-17)24-19-12-13-25(15-19)22(28)16-26-14-18-8-4-5-9-20(18)23(26)29/h1-9,19H,10-16H2,(H,24,27). The summed E-state index contributed by atoms with van der Waals surface area (Å²) in [6, 6.07) is 17.4. The number of carbonyl (C=O) groups is 3. The molecule has 150 valence electrons. The van der Waals surface area contributed by atoms with Gasteiger partial charge >= 0.3 is 0 Å². The van der Waals surface area contributed by atoms with Crippen LogP contribution in [0.1, 0.15) is 34.3 Å². The van der Waals surface area contributed by atoms with Gasteiger partial charge < -0.3 is 15.1 Å². The second-order valence-corrected chi connectivity index (χ2v) is 7.70. The molecule has 29 heavy (non-hydrogen) atoms. The van der Waals surface area contributed by atoms with Gasteiger partial charge in [0.1, 0.15) is 6.54 Å². The zero-order valence-electron chi connectivity index (χ0n) is 16.3. The summed E-state index contributed by atoms with van der Waals surface area (Å²) in [7, 11) is 0. The highest BCUT2D eigenvalue weighted by atomic mass is 16.2. The molecule has 1 unspecified atom stereocenters. The number of rotatable bonds is 6. The Hall–Kier alpha value is -3.15. The van der Waals surface area contributed by atoms with E-state index in [-0.39, 0.29) is 30.3 Å². The van der Waals surface area contributed by atoms with Gasteiger partial charge in [0.25, 0.3) is 5.91 Å². The molecule has 6 heteroatoms. The van der Waals surface area contributed by atoms with Crippen molar-refractivity contribution in [1.82, 2.24) is 15.1 Å². The molecule has 4 rings (SSSR count). The van der Waals surface area contributed by atoms with Crippen LogP contribution < -0.4 is 5.32 Å². The molecule has 0 radical (unpaired) electrons. The number of hydrogen-bond donors (Lipinski definition) is 1. The van der Waals surface area contributed by atoms with Crippen LogP contribution in [0.5, 0.6) is 0 Å². The average molecular weight is 391 g/mol. The Morgan fingerprint density at radius 3 is 2.59 bits per heavy atom. The smallest absolute Gasteiger partial charge is 0.254 e. The van der Waals surface area contributed by atoms with Crippen LogP contribution in [0.15, 0.2) is 54.6 Å². The number of amides is 3. The first-order valence-corrected chi connectivity index (χ1v) is 10.1. The Labute approximate surface area is 170 Å². The van der Waals surface area contributed by atoms with Crippen molar-refractivity contribution >= 4 is 17.7 Å². The maximum absolute atomic E-state index is 12.7. The Bertz CT molecular complexity index is 913. The predicted molar refractivity (Wildman–Crippen MR) is 109 cm³/mol. The van der Waals surface area contributed by atoms with E-state index in [1.165, 1.54) is 0 Å². The third-order valence-corrected chi connectivity index (χ3v) is 5.61. The highest BCUT2D eigenvalue weighted by Gasteiger charge is 2.32. The average Bonchev–Trinajstić information content (AvgIpc) is 3.32. The summed E-state index contributed by atoms with van der Waals surface area (Å²) >= 11 is 0. The fourth-order valence-corrected chi connectivity index (χ4v) is 4.01. The number of nitrogens with one attached hydrogen (secondary N) is 1. The molecule has 6 nitrogen and oxygen atoms in total. The molecule has 3 amide bonds. The van der Waals surface area contributed by atoms with E-state index in [0.717, 1.165) is 17.5 Å². The molecule has 2 aromatic rings. The van der Waals surface area contributed by atoms with Gasteiger partial charge in [-0.1, -0.05) is 48.5 Å². The summed E-state index contributed by atoms with van der Waals surface area (Å²) in [6.07, 6.45) is 1.89. The summed E-state index contributed by atoms with van der Waals surface area (Å²) in [6.45, 7) is 1.68. The van der Waals surface area contributed by atoms with Crippen LogP contribution in [-0.2, 0) is 22.6 Å². The molecular formula is C23H25N3O3. The molecular weight excluding hydrogens is 366 g/mol. The van der Waals surface area contributed by atoms with Gasteiger partial charge in [-0.2, -0.15) is 0 Å². The van der Waals surface area contributed by atoms with Gasteiger partial charge in [0.05, 0.1) is 0 Å². The molecule has 1 atom stereocenters. The second-order valence-electron chi connectivity index (χ2n) is 7.70. The molecule has 1 saturated heterocycles. The van der Waals surface area contributed by atoms with Crippen LogP contribution >= 0.6 is 0 Å². The highest BCUT2D eigenvalue weighted by molar-refractivity contribution is 6.00. The van der Waals surface area contributed by atoms with Crippen LogP contribution in [0.3, 0.4) is 0 Å². The largest absolute Gasteiger partial charge is 0.352 e. The number of carbonyl (C=O) groups excluding carboxylic acids is 3. The topological polar surface area (TPSA) is 69.7 Å². The number of fused-ring (bicyclic) bond motifs is 1. The van der Waals surface area contributed by atoms with Gasteiger partial charge in [-0.3, -0.25) is 14.4 Å². The second kappa shape index (κ2) is 8.47. The Balaban J connectivity index is 1.23. The summed E-state index contributed by atoms with van der Waals surface area (Å²) in [5.41, 5.74) is 2.79. The van der Waals surface area contributed by atoms with E-state index in [2.05, 4.69) is 5.32 Å². The monoisotopic (exact) mass is 391 g/mol. The van der Waals surface area contributed by atoms with Crippen LogP contribution in [0.4, 0.5) is 0 Å². The lowest BCUT2D eigenvalue weighted by atomic mass is 10.1. The molecule has 0 bridgehead atoms. The van der Waals surface area contributed by atoms with Crippen molar-refractivity contribution in [2.24, 2.45) is 0 Å². The molecule has 0 saturated carbocycles. The van der Waals surface area contributed by atoms with Crippen molar-refractivity contribution in [2.45, 2.75) is 31.8 Å². The molecule has 1 N–H and O–H groups in total. The van der Waals surface area contributed by atoms with Gasteiger partial charge in [-0.05, 0) is 30.0 Å². The Morgan fingerprint density at radius 2 is 1.79 bits per heavy atom. The minimum atomic E-state index is -0.0843. The minimum absolute atomic E-state index is 0.0123. The van der Waals surface area contributed by atoms with Gasteiger partial charge in [0.2, 0.25) is 11.8 Å². The summed E-state index contributed by atoms with van der Waals surface area (Å²) < 4.78 is 0. The van der Waals surface area contributed by atoms with Crippen LogP contribution in [0, 0.1) is 0 Å².